The number of hydrogen-bond donors (Lipinski definition) is 2. The van der Waals surface area contributed by atoms with E-state index in [2.05, 4.69) is 34.8 Å². The molecule has 0 radical (unpaired) electrons. The number of carbonyl (C=O) groups excluding carboxylic acids is 1. The Morgan fingerprint density at radius 1 is 1.07 bits per heavy atom. The molecule has 152 valence electrons. The molecule has 3 N–H and O–H groups in total. The summed E-state index contributed by atoms with van der Waals surface area (Å²) in [6, 6.07) is 17.9. The summed E-state index contributed by atoms with van der Waals surface area (Å²) < 4.78 is 2.04. The molecular weight excluding hydrogens is 360 g/mol. The minimum atomic E-state index is -0.281. The van der Waals surface area contributed by atoms with Crippen molar-refractivity contribution in [3.8, 4) is 0 Å². The Hall–Kier alpha value is -2.92. The topological polar surface area (TPSA) is 63.5 Å². The summed E-state index contributed by atoms with van der Waals surface area (Å²) in [5.41, 5.74) is 6.32. The Kier molecular flexibility index (Phi) is 6.83. The van der Waals surface area contributed by atoms with Crippen molar-refractivity contribution < 1.29 is 10.1 Å². The second kappa shape index (κ2) is 9.52. The maximum Gasteiger partial charge on any atom is 0.287 e. The van der Waals surface area contributed by atoms with Gasteiger partial charge in [0, 0.05) is 29.9 Å². The van der Waals surface area contributed by atoms with E-state index < -0.39 is 0 Å². The number of carbonyl (C=O) groups is 1. The number of anilines is 1. The van der Waals surface area contributed by atoms with E-state index in [1.165, 1.54) is 5.69 Å². The molecule has 29 heavy (non-hydrogen) atoms. The summed E-state index contributed by atoms with van der Waals surface area (Å²) in [6.45, 7) is 9.85. The fourth-order valence-electron chi connectivity index (χ4n) is 3.56. The van der Waals surface area contributed by atoms with Gasteiger partial charge in [-0.25, -0.2) is 0 Å². The minimum Gasteiger partial charge on any atom is -0.332 e. The molecule has 0 aliphatic carbocycles. The third kappa shape index (κ3) is 5.55. The standard InChI is InChI=1S/C24H30N4O/c1-17-11-12-18(2)22(15-17)26-24(29)23(21-9-6-5-7-10-21)25-13-8-14-28-20(4)16-19(3)27-28/h5-7,9-12,15-16,23,25H,8,13-14H2,1-4H3,(H,26,29)/p+1/t23-/m0/s1. The van der Waals surface area contributed by atoms with Gasteiger partial charge in [-0.3, -0.25) is 9.48 Å². The lowest BCUT2D eigenvalue weighted by Crippen LogP contribution is -2.87. The van der Waals surface area contributed by atoms with Gasteiger partial charge < -0.3 is 10.6 Å². The van der Waals surface area contributed by atoms with Crippen molar-refractivity contribution in [2.45, 2.75) is 46.7 Å². The molecule has 0 saturated heterocycles. The largest absolute Gasteiger partial charge is 0.332 e. The molecule has 3 rings (SSSR count). The Labute approximate surface area is 173 Å². The third-order valence-electron chi connectivity index (χ3n) is 5.17. The zero-order valence-corrected chi connectivity index (χ0v) is 17.8. The third-order valence-corrected chi connectivity index (χ3v) is 5.17. The maximum absolute atomic E-state index is 13.1. The van der Waals surface area contributed by atoms with Crippen LogP contribution in [0.25, 0.3) is 0 Å². The van der Waals surface area contributed by atoms with Crippen molar-refractivity contribution >= 4 is 11.6 Å². The van der Waals surface area contributed by atoms with Crippen LogP contribution in [-0.4, -0.2) is 22.2 Å². The maximum atomic E-state index is 13.1. The van der Waals surface area contributed by atoms with Crippen LogP contribution in [0.3, 0.4) is 0 Å². The van der Waals surface area contributed by atoms with E-state index in [-0.39, 0.29) is 11.9 Å². The van der Waals surface area contributed by atoms with Crippen molar-refractivity contribution in [1.82, 2.24) is 9.78 Å². The fraction of sp³-hybridized carbons (Fsp3) is 0.333. The van der Waals surface area contributed by atoms with Gasteiger partial charge in [-0.2, -0.15) is 5.10 Å². The first-order chi connectivity index (χ1) is 13.9. The summed E-state index contributed by atoms with van der Waals surface area (Å²) in [6.07, 6.45) is 0.946. The van der Waals surface area contributed by atoms with Crippen LogP contribution in [0, 0.1) is 27.7 Å². The number of aryl methyl sites for hydroxylation is 5. The molecule has 0 aliphatic rings. The van der Waals surface area contributed by atoms with Gasteiger partial charge in [0.25, 0.3) is 5.91 Å². The van der Waals surface area contributed by atoms with Gasteiger partial charge in [0.15, 0.2) is 6.04 Å². The lowest BCUT2D eigenvalue weighted by Gasteiger charge is -2.17. The van der Waals surface area contributed by atoms with Crippen molar-refractivity contribution in [2.75, 3.05) is 11.9 Å². The number of hydrogen-bond acceptors (Lipinski definition) is 2. The normalized spacial score (nSPS) is 12.0. The number of nitrogens with zero attached hydrogens (tertiary/aromatic N) is 2. The molecule has 0 aliphatic heterocycles. The van der Waals surface area contributed by atoms with Crippen LogP contribution >= 0.6 is 0 Å². The average molecular weight is 392 g/mol. The zero-order valence-electron chi connectivity index (χ0n) is 17.8. The number of amides is 1. The van der Waals surface area contributed by atoms with Crippen LogP contribution < -0.4 is 10.6 Å². The average Bonchev–Trinajstić information content (AvgIpc) is 3.02. The number of rotatable bonds is 8. The molecule has 0 spiro atoms. The lowest BCUT2D eigenvalue weighted by atomic mass is 10.0. The van der Waals surface area contributed by atoms with E-state index in [0.717, 1.165) is 47.6 Å². The second-order valence-corrected chi connectivity index (χ2v) is 7.72. The summed E-state index contributed by atoms with van der Waals surface area (Å²) in [5, 5.41) is 9.78. The van der Waals surface area contributed by atoms with E-state index in [1.54, 1.807) is 0 Å². The van der Waals surface area contributed by atoms with Gasteiger partial charge in [0.05, 0.1) is 12.2 Å². The molecule has 1 heterocycles. The predicted molar refractivity (Wildman–Crippen MR) is 117 cm³/mol. The predicted octanol–water partition coefficient (Wildman–Crippen LogP) is 3.45. The molecule has 1 aromatic heterocycles. The molecular formula is C24H31N4O+. The SMILES string of the molecule is Cc1ccc(C)c(NC(=O)[C@@H]([NH2+]CCCn2nc(C)cc2C)c2ccccc2)c1. The van der Waals surface area contributed by atoms with Crippen LogP contribution in [0.4, 0.5) is 5.69 Å². The Morgan fingerprint density at radius 2 is 1.83 bits per heavy atom. The molecule has 0 unspecified atom stereocenters. The summed E-state index contributed by atoms with van der Waals surface area (Å²) in [7, 11) is 0. The fourth-order valence-corrected chi connectivity index (χ4v) is 3.56. The van der Waals surface area contributed by atoms with Gasteiger partial charge in [-0.05, 0) is 51.0 Å². The highest BCUT2D eigenvalue weighted by Gasteiger charge is 2.24. The molecule has 0 fully saturated rings. The van der Waals surface area contributed by atoms with Crippen molar-refractivity contribution in [2.24, 2.45) is 0 Å². The second-order valence-electron chi connectivity index (χ2n) is 7.72. The molecule has 5 heteroatoms. The molecule has 0 bridgehead atoms. The number of nitrogens with two attached hydrogens (primary N) is 1. The monoisotopic (exact) mass is 391 g/mol. The van der Waals surface area contributed by atoms with Crippen molar-refractivity contribution in [1.29, 1.82) is 0 Å². The van der Waals surface area contributed by atoms with Gasteiger partial charge in [-0.1, -0.05) is 42.5 Å². The molecule has 5 nitrogen and oxygen atoms in total. The number of benzene rings is 2. The van der Waals surface area contributed by atoms with Gasteiger partial charge in [0.2, 0.25) is 0 Å². The van der Waals surface area contributed by atoms with E-state index in [9.17, 15) is 4.79 Å². The lowest BCUT2D eigenvalue weighted by molar-refractivity contribution is -0.682. The van der Waals surface area contributed by atoms with E-state index >= 15 is 0 Å². The smallest absolute Gasteiger partial charge is 0.287 e. The van der Waals surface area contributed by atoms with Crippen molar-refractivity contribution in [3.63, 3.8) is 0 Å². The highest BCUT2D eigenvalue weighted by Crippen LogP contribution is 2.18. The summed E-state index contributed by atoms with van der Waals surface area (Å²) in [4.78, 5) is 13.1. The zero-order chi connectivity index (χ0) is 20.8. The van der Waals surface area contributed by atoms with Crippen LogP contribution in [-0.2, 0) is 11.3 Å². The number of aromatic nitrogens is 2. The van der Waals surface area contributed by atoms with Crippen molar-refractivity contribution in [3.05, 3.63) is 82.7 Å². The first-order valence-corrected chi connectivity index (χ1v) is 10.2. The van der Waals surface area contributed by atoms with Crippen LogP contribution in [0.5, 0.6) is 0 Å². The minimum absolute atomic E-state index is 0.0102. The Balaban J connectivity index is 1.67. The van der Waals surface area contributed by atoms with Gasteiger partial charge in [0.1, 0.15) is 0 Å². The number of quaternary nitrogens is 1. The van der Waals surface area contributed by atoms with Crippen LogP contribution in [0.2, 0.25) is 0 Å². The summed E-state index contributed by atoms with van der Waals surface area (Å²) >= 11 is 0. The van der Waals surface area contributed by atoms with E-state index in [4.69, 9.17) is 0 Å². The van der Waals surface area contributed by atoms with Crippen LogP contribution in [0.1, 0.15) is 40.5 Å². The first kappa shape index (κ1) is 20.8. The highest BCUT2D eigenvalue weighted by molar-refractivity contribution is 5.95. The Morgan fingerprint density at radius 3 is 2.52 bits per heavy atom. The quantitative estimate of drug-likeness (QED) is 0.578. The molecule has 1 atom stereocenters. The molecule has 1 amide bonds. The molecule has 3 aromatic rings. The van der Waals surface area contributed by atoms with Gasteiger partial charge in [-0.15, -0.1) is 0 Å². The van der Waals surface area contributed by atoms with Gasteiger partial charge >= 0.3 is 0 Å². The first-order valence-electron chi connectivity index (χ1n) is 10.2. The molecule has 2 aromatic carbocycles. The number of nitrogens with one attached hydrogen (secondary N) is 1. The van der Waals surface area contributed by atoms with E-state index in [1.807, 2.05) is 67.9 Å². The van der Waals surface area contributed by atoms with Crippen LogP contribution in [0.15, 0.2) is 54.6 Å². The highest BCUT2D eigenvalue weighted by atomic mass is 16.2. The molecule has 0 saturated carbocycles. The summed E-state index contributed by atoms with van der Waals surface area (Å²) in [5.74, 6) is 0.0102. The Bertz CT molecular complexity index is 962. The van der Waals surface area contributed by atoms with E-state index in [0.29, 0.717) is 0 Å².